The summed E-state index contributed by atoms with van der Waals surface area (Å²) in [7, 11) is 0. The lowest BCUT2D eigenvalue weighted by Crippen LogP contribution is -2.58. The van der Waals surface area contributed by atoms with Crippen molar-refractivity contribution in [3.63, 3.8) is 0 Å². The molecule has 1 aromatic heterocycles. The van der Waals surface area contributed by atoms with Gasteiger partial charge in [-0.2, -0.15) is 0 Å². The van der Waals surface area contributed by atoms with Crippen LogP contribution < -0.4 is 27.4 Å². The number of aromatic nitrogens is 2. The van der Waals surface area contributed by atoms with Crippen molar-refractivity contribution in [1.29, 1.82) is 0 Å². The summed E-state index contributed by atoms with van der Waals surface area (Å²) in [5, 5.41) is 17.3. The number of hydrogen-bond donors (Lipinski definition) is 7. The average Bonchev–Trinajstić information content (AvgIpc) is 3.39. The molecule has 0 saturated carbocycles. The van der Waals surface area contributed by atoms with Gasteiger partial charge in [-0.3, -0.25) is 19.2 Å². The van der Waals surface area contributed by atoms with Gasteiger partial charge in [0.25, 0.3) is 0 Å². The number of amides is 4. The summed E-state index contributed by atoms with van der Waals surface area (Å²) in [5.74, 6) is -4.52. The minimum Gasteiger partial charge on any atom is -0.480 e. The van der Waals surface area contributed by atoms with E-state index in [4.69, 9.17) is 11.5 Å². The molecule has 9 N–H and O–H groups in total. The minimum atomic E-state index is -1.27. The highest BCUT2D eigenvalue weighted by Gasteiger charge is 2.32. The SMILES string of the molecule is CCC(C)C(NC(=O)C(Cc1cnc[nH]1)NC(=O)C(Cc1ccccc1)NC(=O)C(N)CC(N)=O)C(=O)O. The van der Waals surface area contributed by atoms with Gasteiger partial charge in [-0.1, -0.05) is 50.6 Å². The van der Waals surface area contributed by atoms with Crippen molar-refractivity contribution < 1.29 is 29.1 Å². The van der Waals surface area contributed by atoms with Crippen LogP contribution in [0.5, 0.6) is 0 Å². The fourth-order valence-electron chi connectivity index (χ4n) is 3.68. The first-order valence-corrected chi connectivity index (χ1v) is 12.2. The Bertz CT molecular complexity index is 1090. The second-order valence-corrected chi connectivity index (χ2v) is 9.08. The summed E-state index contributed by atoms with van der Waals surface area (Å²) in [4.78, 5) is 68.9. The molecule has 0 aliphatic rings. The largest absolute Gasteiger partial charge is 0.480 e. The zero-order chi connectivity index (χ0) is 28.2. The molecule has 1 aromatic carbocycles. The van der Waals surface area contributed by atoms with E-state index in [0.717, 1.165) is 0 Å². The topological polar surface area (TPSA) is 222 Å². The third kappa shape index (κ3) is 9.32. The minimum absolute atomic E-state index is 0.0163. The number of aliphatic carboxylic acids is 1. The predicted octanol–water partition coefficient (Wildman–Crippen LogP) is -1.02. The number of H-pyrrole nitrogens is 1. The normalized spacial score (nSPS) is 14.8. The van der Waals surface area contributed by atoms with Crippen molar-refractivity contribution in [2.45, 2.75) is 63.7 Å². The molecule has 0 saturated heterocycles. The molecule has 0 fully saturated rings. The molecule has 2 rings (SSSR count). The van der Waals surface area contributed by atoms with Gasteiger partial charge < -0.3 is 37.5 Å². The summed E-state index contributed by atoms with van der Waals surface area (Å²) in [6, 6.07) is 4.05. The summed E-state index contributed by atoms with van der Waals surface area (Å²) < 4.78 is 0. The van der Waals surface area contributed by atoms with Crippen molar-refractivity contribution in [3.05, 3.63) is 54.1 Å². The second-order valence-electron chi connectivity index (χ2n) is 9.08. The van der Waals surface area contributed by atoms with Gasteiger partial charge in [-0.25, -0.2) is 9.78 Å². The first kappa shape index (κ1) is 30.0. The smallest absolute Gasteiger partial charge is 0.326 e. The predicted molar refractivity (Wildman–Crippen MR) is 137 cm³/mol. The summed E-state index contributed by atoms with van der Waals surface area (Å²) >= 11 is 0. The Hall–Kier alpha value is -4.26. The van der Waals surface area contributed by atoms with Crippen LogP contribution in [0.3, 0.4) is 0 Å². The van der Waals surface area contributed by atoms with Crippen LogP contribution in [0.25, 0.3) is 0 Å². The highest BCUT2D eigenvalue weighted by atomic mass is 16.4. The van der Waals surface area contributed by atoms with Crippen LogP contribution in [0, 0.1) is 5.92 Å². The Labute approximate surface area is 220 Å². The number of nitrogens with zero attached hydrogens (tertiary/aromatic N) is 1. The number of benzene rings is 1. The highest BCUT2D eigenvalue weighted by Crippen LogP contribution is 2.10. The fraction of sp³-hybridized carbons (Fsp3) is 0.440. The van der Waals surface area contributed by atoms with Gasteiger partial charge >= 0.3 is 5.97 Å². The van der Waals surface area contributed by atoms with Gasteiger partial charge in [-0.15, -0.1) is 0 Å². The number of nitrogens with two attached hydrogens (primary N) is 2. The van der Waals surface area contributed by atoms with E-state index in [1.54, 1.807) is 44.2 Å². The van der Waals surface area contributed by atoms with Gasteiger partial charge in [-0.05, 0) is 11.5 Å². The number of carbonyl (C=O) groups excluding carboxylic acids is 4. The molecule has 13 nitrogen and oxygen atoms in total. The number of carbonyl (C=O) groups is 5. The third-order valence-electron chi connectivity index (χ3n) is 6.06. The summed E-state index contributed by atoms with van der Waals surface area (Å²) in [6.45, 7) is 3.50. The maximum atomic E-state index is 13.4. The first-order valence-electron chi connectivity index (χ1n) is 12.2. The molecule has 0 spiro atoms. The zero-order valence-electron chi connectivity index (χ0n) is 21.3. The van der Waals surface area contributed by atoms with Crippen LogP contribution >= 0.6 is 0 Å². The molecule has 5 atom stereocenters. The van der Waals surface area contributed by atoms with Crippen LogP contribution in [0.2, 0.25) is 0 Å². The molecule has 13 heteroatoms. The maximum Gasteiger partial charge on any atom is 0.326 e. The third-order valence-corrected chi connectivity index (χ3v) is 6.06. The number of imidazole rings is 1. The monoisotopic (exact) mass is 529 g/mol. The molecule has 4 amide bonds. The van der Waals surface area contributed by atoms with Gasteiger partial charge in [0.2, 0.25) is 23.6 Å². The van der Waals surface area contributed by atoms with Gasteiger partial charge in [0, 0.05) is 24.7 Å². The Balaban J connectivity index is 2.28. The maximum absolute atomic E-state index is 13.4. The van der Waals surface area contributed by atoms with Crippen molar-refractivity contribution in [2.24, 2.45) is 17.4 Å². The number of carboxylic acids is 1. The van der Waals surface area contributed by atoms with Crippen LogP contribution in [0.15, 0.2) is 42.9 Å². The van der Waals surface area contributed by atoms with E-state index in [-0.39, 0.29) is 18.8 Å². The highest BCUT2D eigenvalue weighted by molar-refractivity contribution is 5.95. The molecule has 5 unspecified atom stereocenters. The van der Waals surface area contributed by atoms with E-state index in [9.17, 15) is 29.1 Å². The van der Waals surface area contributed by atoms with Crippen LogP contribution in [-0.4, -0.2) is 68.8 Å². The number of nitrogens with one attached hydrogen (secondary N) is 4. The Kier molecular flexibility index (Phi) is 11.4. The quantitative estimate of drug-likeness (QED) is 0.151. The Morgan fingerprint density at radius 2 is 1.58 bits per heavy atom. The summed E-state index contributed by atoms with van der Waals surface area (Å²) in [5.41, 5.74) is 12.1. The molecule has 2 aromatic rings. The number of primary amides is 1. The summed E-state index contributed by atoms with van der Waals surface area (Å²) in [6.07, 6.45) is 3.02. The van der Waals surface area contributed by atoms with Gasteiger partial charge in [0.15, 0.2) is 0 Å². The lowest BCUT2D eigenvalue weighted by molar-refractivity contribution is -0.143. The van der Waals surface area contributed by atoms with Crippen molar-refractivity contribution >= 4 is 29.6 Å². The van der Waals surface area contributed by atoms with Crippen LogP contribution in [0.1, 0.15) is 37.9 Å². The number of hydrogen-bond acceptors (Lipinski definition) is 7. The van der Waals surface area contributed by atoms with Crippen LogP contribution in [-0.2, 0) is 36.8 Å². The van der Waals surface area contributed by atoms with E-state index >= 15 is 0 Å². The van der Waals surface area contributed by atoms with E-state index < -0.39 is 60.2 Å². The van der Waals surface area contributed by atoms with E-state index in [1.165, 1.54) is 12.5 Å². The molecule has 0 bridgehead atoms. The molecule has 1 heterocycles. The second kappa shape index (κ2) is 14.5. The Morgan fingerprint density at radius 3 is 2.13 bits per heavy atom. The van der Waals surface area contributed by atoms with Crippen molar-refractivity contribution in [2.75, 3.05) is 0 Å². The number of rotatable bonds is 15. The van der Waals surface area contributed by atoms with E-state index in [1.807, 2.05) is 0 Å². The van der Waals surface area contributed by atoms with Crippen LogP contribution in [0.4, 0.5) is 0 Å². The standard InChI is InChI=1S/C25H35N7O6/c1-3-14(2)21(25(37)38)32-24(36)19(10-16-12-28-13-29-16)31-23(35)18(9-15-7-5-4-6-8-15)30-22(34)17(26)11-20(27)33/h4-8,12-14,17-19,21H,3,9-11,26H2,1-2H3,(H2,27,33)(H,28,29)(H,30,34)(H,31,35)(H,32,36)(H,37,38). The van der Waals surface area contributed by atoms with Crippen molar-refractivity contribution in [1.82, 2.24) is 25.9 Å². The molecule has 38 heavy (non-hydrogen) atoms. The number of aromatic amines is 1. The molecule has 0 aliphatic carbocycles. The zero-order valence-corrected chi connectivity index (χ0v) is 21.3. The lowest BCUT2D eigenvalue weighted by Gasteiger charge is -2.26. The number of carboxylic acid groups (broad SMARTS) is 1. The molecule has 206 valence electrons. The Morgan fingerprint density at radius 1 is 0.974 bits per heavy atom. The van der Waals surface area contributed by atoms with Gasteiger partial charge in [0.1, 0.15) is 18.1 Å². The van der Waals surface area contributed by atoms with E-state index in [2.05, 4.69) is 25.9 Å². The average molecular weight is 530 g/mol. The molecular formula is C25H35N7O6. The van der Waals surface area contributed by atoms with E-state index in [0.29, 0.717) is 17.7 Å². The lowest BCUT2D eigenvalue weighted by atomic mass is 9.98. The van der Waals surface area contributed by atoms with Gasteiger partial charge in [0.05, 0.1) is 18.8 Å². The first-order chi connectivity index (χ1) is 18.0. The fourth-order valence-corrected chi connectivity index (χ4v) is 3.68. The molecule has 0 radical (unpaired) electrons. The molecular weight excluding hydrogens is 494 g/mol. The molecule has 0 aliphatic heterocycles. The van der Waals surface area contributed by atoms with Crippen molar-refractivity contribution in [3.8, 4) is 0 Å².